The highest BCUT2D eigenvalue weighted by molar-refractivity contribution is 4.97. The standard InChI is InChI=1S/C17H31N5O/c1-2-6-16-19-17(21-20-16)15-13-22(11-12-23-15)10-9-18-14-7-4-3-5-8-14/h14-15,18H,2-13H2,1H3,(H,19,20,21)/t15-/m1/s1. The molecule has 2 N–H and O–H groups in total. The molecule has 0 spiro atoms. The summed E-state index contributed by atoms with van der Waals surface area (Å²) < 4.78 is 5.87. The van der Waals surface area contributed by atoms with Crippen LogP contribution in [0.1, 0.15) is 63.2 Å². The first-order valence-electron chi connectivity index (χ1n) is 9.33. The lowest BCUT2D eigenvalue weighted by Gasteiger charge is -2.32. The maximum Gasteiger partial charge on any atom is 0.180 e. The molecular formula is C17H31N5O. The highest BCUT2D eigenvalue weighted by Gasteiger charge is 2.25. The predicted molar refractivity (Wildman–Crippen MR) is 90.4 cm³/mol. The van der Waals surface area contributed by atoms with E-state index >= 15 is 0 Å². The molecule has 1 aromatic rings. The van der Waals surface area contributed by atoms with Crippen molar-refractivity contribution in [2.75, 3.05) is 32.8 Å². The van der Waals surface area contributed by atoms with Crippen LogP contribution in [0.25, 0.3) is 0 Å². The molecule has 1 aliphatic carbocycles. The fourth-order valence-corrected chi connectivity index (χ4v) is 3.60. The molecule has 1 aromatic heterocycles. The van der Waals surface area contributed by atoms with Crippen LogP contribution in [0.3, 0.4) is 0 Å². The first-order chi connectivity index (χ1) is 11.3. The zero-order valence-electron chi connectivity index (χ0n) is 14.4. The van der Waals surface area contributed by atoms with Crippen molar-refractivity contribution < 1.29 is 4.74 Å². The summed E-state index contributed by atoms with van der Waals surface area (Å²) in [6, 6.07) is 0.741. The van der Waals surface area contributed by atoms with Crippen molar-refractivity contribution in [3.63, 3.8) is 0 Å². The molecule has 0 radical (unpaired) electrons. The first kappa shape index (κ1) is 16.9. The molecule has 0 amide bonds. The number of aromatic nitrogens is 3. The predicted octanol–water partition coefficient (Wildman–Crippen LogP) is 2.05. The van der Waals surface area contributed by atoms with Crippen LogP contribution in [0.4, 0.5) is 0 Å². The minimum absolute atomic E-state index is 0.0142. The van der Waals surface area contributed by atoms with Gasteiger partial charge in [-0.25, -0.2) is 4.98 Å². The van der Waals surface area contributed by atoms with Gasteiger partial charge < -0.3 is 10.1 Å². The summed E-state index contributed by atoms with van der Waals surface area (Å²) in [5, 5.41) is 11.1. The van der Waals surface area contributed by atoms with Gasteiger partial charge in [0.2, 0.25) is 0 Å². The van der Waals surface area contributed by atoms with Crippen molar-refractivity contribution >= 4 is 0 Å². The molecule has 2 aliphatic rings. The Hall–Kier alpha value is -0.980. The minimum atomic E-state index is 0.0142. The van der Waals surface area contributed by atoms with Gasteiger partial charge in [-0.2, -0.15) is 5.10 Å². The Kier molecular flexibility index (Phi) is 6.42. The van der Waals surface area contributed by atoms with Gasteiger partial charge >= 0.3 is 0 Å². The normalized spacial score (nSPS) is 24.1. The van der Waals surface area contributed by atoms with E-state index in [4.69, 9.17) is 4.74 Å². The van der Waals surface area contributed by atoms with Crippen LogP contribution in [0.15, 0.2) is 0 Å². The van der Waals surface area contributed by atoms with Gasteiger partial charge in [-0.1, -0.05) is 26.2 Å². The molecule has 1 saturated carbocycles. The van der Waals surface area contributed by atoms with Crippen LogP contribution < -0.4 is 5.32 Å². The topological polar surface area (TPSA) is 66.1 Å². The summed E-state index contributed by atoms with van der Waals surface area (Å²) >= 11 is 0. The van der Waals surface area contributed by atoms with Crippen LogP contribution >= 0.6 is 0 Å². The van der Waals surface area contributed by atoms with Crippen molar-refractivity contribution in [2.24, 2.45) is 0 Å². The van der Waals surface area contributed by atoms with Crippen LogP contribution in [-0.2, 0) is 11.2 Å². The number of hydrogen-bond donors (Lipinski definition) is 2. The number of nitrogens with zero attached hydrogens (tertiary/aromatic N) is 3. The van der Waals surface area contributed by atoms with E-state index in [-0.39, 0.29) is 6.10 Å². The third-order valence-electron chi connectivity index (χ3n) is 4.94. The van der Waals surface area contributed by atoms with Crippen molar-refractivity contribution in [3.8, 4) is 0 Å². The Morgan fingerprint density at radius 3 is 3.00 bits per heavy atom. The van der Waals surface area contributed by atoms with Crippen LogP contribution in [0.2, 0.25) is 0 Å². The number of rotatable bonds is 7. The molecule has 3 rings (SSSR count). The maximum atomic E-state index is 5.87. The Bertz CT molecular complexity index is 458. The number of ether oxygens (including phenoxy) is 1. The molecule has 6 heteroatoms. The second kappa shape index (κ2) is 8.76. The van der Waals surface area contributed by atoms with Crippen LogP contribution in [-0.4, -0.2) is 58.9 Å². The molecule has 1 atom stereocenters. The summed E-state index contributed by atoms with van der Waals surface area (Å²) in [4.78, 5) is 7.05. The molecule has 6 nitrogen and oxygen atoms in total. The minimum Gasteiger partial charge on any atom is -0.367 e. The summed E-state index contributed by atoms with van der Waals surface area (Å²) in [6.07, 6.45) is 8.95. The number of morpholine rings is 1. The average molecular weight is 321 g/mol. The number of aromatic amines is 1. The zero-order valence-corrected chi connectivity index (χ0v) is 14.4. The number of H-pyrrole nitrogens is 1. The van der Waals surface area contributed by atoms with Gasteiger partial charge in [0.1, 0.15) is 11.9 Å². The lowest BCUT2D eigenvalue weighted by atomic mass is 9.95. The van der Waals surface area contributed by atoms with E-state index in [9.17, 15) is 0 Å². The smallest absolute Gasteiger partial charge is 0.180 e. The third kappa shape index (κ3) is 4.99. The molecule has 2 fully saturated rings. The molecule has 1 saturated heterocycles. The first-order valence-corrected chi connectivity index (χ1v) is 9.33. The van der Waals surface area contributed by atoms with Crippen LogP contribution in [0, 0.1) is 0 Å². The summed E-state index contributed by atoms with van der Waals surface area (Å²) in [5.74, 6) is 1.79. The van der Waals surface area contributed by atoms with Crippen molar-refractivity contribution in [2.45, 2.75) is 64.0 Å². The lowest BCUT2D eigenvalue weighted by molar-refractivity contribution is -0.0338. The van der Waals surface area contributed by atoms with Gasteiger partial charge in [0.05, 0.1) is 6.61 Å². The van der Waals surface area contributed by atoms with E-state index in [1.165, 1.54) is 32.1 Å². The van der Waals surface area contributed by atoms with Crippen LogP contribution in [0.5, 0.6) is 0 Å². The Labute approximate surface area is 139 Å². The van der Waals surface area contributed by atoms with E-state index in [0.717, 1.165) is 63.3 Å². The monoisotopic (exact) mass is 321 g/mol. The van der Waals surface area contributed by atoms with Gasteiger partial charge in [0, 0.05) is 38.6 Å². The number of hydrogen-bond acceptors (Lipinski definition) is 5. The van der Waals surface area contributed by atoms with Gasteiger partial charge in [0.25, 0.3) is 0 Å². The zero-order chi connectivity index (χ0) is 15.9. The Morgan fingerprint density at radius 1 is 1.30 bits per heavy atom. The summed E-state index contributed by atoms with van der Waals surface area (Å²) in [5.41, 5.74) is 0. The van der Waals surface area contributed by atoms with E-state index < -0.39 is 0 Å². The fraction of sp³-hybridized carbons (Fsp3) is 0.882. The highest BCUT2D eigenvalue weighted by atomic mass is 16.5. The Balaban J connectivity index is 1.42. The number of aryl methyl sites for hydroxylation is 1. The third-order valence-corrected chi connectivity index (χ3v) is 4.94. The molecule has 1 aliphatic heterocycles. The Morgan fingerprint density at radius 2 is 2.17 bits per heavy atom. The van der Waals surface area contributed by atoms with Gasteiger partial charge in [-0.05, 0) is 19.3 Å². The second-order valence-corrected chi connectivity index (χ2v) is 6.84. The quantitative estimate of drug-likeness (QED) is 0.804. The van der Waals surface area contributed by atoms with Crippen molar-refractivity contribution in [1.82, 2.24) is 25.4 Å². The van der Waals surface area contributed by atoms with Crippen molar-refractivity contribution in [3.05, 3.63) is 11.6 Å². The lowest BCUT2D eigenvalue weighted by Crippen LogP contribution is -2.43. The second-order valence-electron chi connectivity index (χ2n) is 6.84. The highest BCUT2D eigenvalue weighted by Crippen LogP contribution is 2.19. The summed E-state index contributed by atoms with van der Waals surface area (Å²) in [7, 11) is 0. The van der Waals surface area contributed by atoms with E-state index in [1.54, 1.807) is 0 Å². The van der Waals surface area contributed by atoms with E-state index in [2.05, 4.69) is 32.3 Å². The SMILES string of the molecule is CCCc1nc([C@H]2CN(CCNC3CCCCC3)CCO2)n[nH]1. The fourth-order valence-electron chi connectivity index (χ4n) is 3.60. The molecule has 130 valence electrons. The van der Waals surface area contributed by atoms with Gasteiger partial charge in [0.15, 0.2) is 5.82 Å². The molecule has 0 bridgehead atoms. The molecule has 0 unspecified atom stereocenters. The number of nitrogens with one attached hydrogen (secondary N) is 2. The summed E-state index contributed by atoms with van der Waals surface area (Å²) in [6.45, 7) is 6.99. The molecular weight excluding hydrogens is 290 g/mol. The van der Waals surface area contributed by atoms with E-state index in [0.29, 0.717) is 0 Å². The molecule has 2 heterocycles. The molecule has 23 heavy (non-hydrogen) atoms. The maximum absolute atomic E-state index is 5.87. The van der Waals surface area contributed by atoms with Gasteiger partial charge in [-0.15, -0.1) is 0 Å². The van der Waals surface area contributed by atoms with Crippen molar-refractivity contribution in [1.29, 1.82) is 0 Å². The van der Waals surface area contributed by atoms with E-state index in [1.807, 2.05) is 0 Å². The largest absolute Gasteiger partial charge is 0.367 e. The molecule has 0 aromatic carbocycles. The van der Waals surface area contributed by atoms with Gasteiger partial charge in [-0.3, -0.25) is 10.00 Å². The average Bonchev–Trinajstić information content (AvgIpc) is 3.05.